The second-order valence-corrected chi connectivity index (χ2v) is 5.47. The summed E-state index contributed by atoms with van der Waals surface area (Å²) in [7, 11) is 0. The number of carboxylic acid groups (broad SMARTS) is 1. The highest BCUT2D eigenvalue weighted by Crippen LogP contribution is 2.41. The van der Waals surface area contributed by atoms with E-state index < -0.39 is 24.2 Å². The number of carbonyl (C=O) groups excluding carboxylic acids is 1. The number of nitrogens with zero attached hydrogens (tertiary/aromatic N) is 1. The fourth-order valence-electron chi connectivity index (χ4n) is 1.83. The summed E-state index contributed by atoms with van der Waals surface area (Å²) in [4.78, 5) is 24.3. The minimum atomic E-state index is -1.16. The van der Waals surface area contributed by atoms with E-state index in [1.54, 1.807) is 39.0 Å². The number of hydrogen-bond donors (Lipinski definition) is 1. The first-order valence-electron chi connectivity index (χ1n) is 6.39. The second kappa shape index (κ2) is 5.51. The minimum absolute atomic E-state index is 0.0293. The summed E-state index contributed by atoms with van der Waals surface area (Å²) in [6.45, 7) is 4.62. The summed E-state index contributed by atoms with van der Waals surface area (Å²) in [6.07, 6.45) is -0.756. The molecule has 0 unspecified atom stereocenters. The van der Waals surface area contributed by atoms with Crippen LogP contribution in [0, 0.1) is 0 Å². The summed E-state index contributed by atoms with van der Waals surface area (Å²) in [5.41, 5.74) is -0.426. The van der Waals surface area contributed by atoms with Crippen molar-refractivity contribution in [2.45, 2.75) is 26.4 Å². The van der Waals surface area contributed by atoms with E-state index in [0.717, 1.165) is 4.90 Å². The molecule has 114 valence electrons. The molecule has 1 heterocycles. The molecule has 1 aliphatic rings. The van der Waals surface area contributed by atoms with E-state index in [4.69, 9.17) is 19.3 Å². The molecule has 0 bridgehead atoms. The molecule has 1 aromatic carbocycles. The number of carbonyl (C=O) groups is 2. The standard InChI is InChI=1S/C14H17NO6/c1-14(2,3)21-13(18)15(7-11(16)17)9-5-4-6-10-12(9)20-8-19-10/h4-6H,7-8H2,1-3H3,(H,16,17). The fourth-order valence-corrected chi connectivity index (χ4v) is 1.83. The van der Waals surface area contributed by atoms with Crippen molar-refractivity contribution in [2.75, 3.05) is 18.2 Å². The zero-order chi connectivity index (χ0) is 15.6. The number of aliphatic carboxylic acids is 1. The summed E-state index contributed by atoms with van der Waals surface area (Å²) >= 11 is 0. The molecule has 0 saturated heterocycles. The van der Waals surface area contributed by atoms with Crippen molar-refractivity contribution in [3.63, 3.8) is 0 Å². The van der Waals surface area contributed by atoms with E-state index in [2.05, 4.69) is 0 Å². The van der Waals surface area contributed by atoms with Gasteiger partial charge in [0.15, 0.2) is 11.5 Å². The van der Waals surface area contributed by atoms with Crippen LogP contribution in [-0.4, -0.2) is 36.1 Å². The average molecular weight is 295 g/mol. The van der Waals surface area contributed by atoms with Crippen LogP contribution >= 0.6 is 0 Å². The number of rotatable bonds is 3. The lowest BCUT2D eigenvalue weighted by Crippen LogP contribution is -2.40. The highest BCUT2D eigenvalue weighted by atomic mass is 16.7. The van der Waals surface area contributed by atoms with Crippen LogP contribution in [0.3, 0.4) is 0 Å². The molecule has 0 atom stereocenters. The monoisotopic (exact) mass is 295 g/mol. The number of amides is 1. The maximum Gasteiger partial charge on any atom is 0.415 e. The first kappa shape index (κ1) is 15.0. The van der Waals surface area contributed by atoms with Gasteiger partial charge in [-0.2, -0.15) is 0 Å². The van der Waals surface area contributed by atoms with Gasteiger partial charge in [0.2, 0.25) is 6.79 Å². The molecule has 0 saturated carbocycles. The molecule has 7 nitrogen and oxygen atoms in total. The Hall–Kier alpha value is -2.44. The SMILES string of the molecule is CC(C)(C)OC(=O)N(CC(=O)O)c1cccc2c1OCO2. The van der Waals surface area contributed by atoms with Crippen molar-refractivity contribution in [1.29, 1.82) is 0 Å². The largest absolute Gasteiger partial charge is 0.480 e. The molecule has 1 aliphatic heterocycles. The van der Waals surface area contributed by atoms with Crippen molar-refractivity contribution in [3.05, 3.63) is 18.2 Å². The van der Waals surface area contributed by atoms with E-state index in [1.807, 2.05) is 0 Å². The van der Waals surface area contributed by atoms with Crippen molar-refractivity contribution in [1.82, 2.24) is 0 Å². The van der Waals surface area contributed by atoms with Crippen LogP contribution in [-0.2, 0) is 9.53 Å². The molecule has 1 N–H and O–H groups in total. The van der Waals surface area contributed by atoms with Crippen LogP contribution in [0.1, 0.15) is 20.8 Å². The van der Waals surface area contributed by atoms with Gasteiger partial charge in [0.25, 0.3) is 0 Å². The zero-order valence-corrected chi connectivity index (χ0v) is 12.1. The van der Waals surface area contributed by atoms with Gasteiger partial charge >= 0.3 is 12.1 Å². The van der Waals surface area contributed by atoms with Crippen molar-refractivity contribution < 1.29 is 28.9 Å². The van der Waals surface area contributed by atoms with Crippen LogP contribution in [0.4, 0.5) is 10.5 Å². The Morgan fingerprint density at radius 3 is 2.67 bits per heavy atom. The molecule has 0 radical (unpaired) electrons. The van der Waals surface area contributed by atoms with Crippen molar-refractivity contribution >= 4 is 17.7 Å². The lowest BCUT2D eigenvalue weighted by Gasteiger charge is -2.26. The third kappa shape index (κ3) is 3.56. The van der Waals surface area contributed by atoms with E-state index in [-0.39, 0.29) is 6.79 Å². The molecule has 7 heteroatoms. The number of benzene rings is 1. The van der Waals surface area contributed by atoms with Gasteiger partial charge < -0.3 is 19.3 Å². The molecule has 0 fully saturated rings. The first-order valence-corrected chi connectivity index (χ1v) is 6.39. The van der Waals surface area contributed by atoms with E-state index in [0.29, 0.717) is 17.2 Å². The van der Waals surface area contributed by atoms with Crippen LogP contribution in [0.25, 0.3) is 0 Å². The Morgan fingerprint density at radius 2 is 2.05 bits per heavy atom. The van der Waals surface area contributed by atoms with Gasteiger partial charge in [-0.3, -0.25) is 9.69 Å². The summed E-state index contributed by atoms with van der Waals surface area (Å²) < 4.78 is 15.8. The predicted molar refractivity (Wildman–Crippen MR) is 73.8 cm³/mol. The second-order valence-electron chi connectivity index (χ2n) is 5.47. The normalized spacial score (nSPS) is 12.9. The Bertz CT molecular complexity index is 563. The number of fused-ring (bicyclic) bond motifs is 1. The summed E-state index contributed by atoms with van der Waals surface area (Å²) in [6, 6.07) is 4.92. The third-order valence-electron chi connectivity index (χ3n) is 2.57. The molecule has 0 spiro atoms. The molecule has 0 aliphatic carbocycles. The van der Waals surface area contributed by atoms with E-state index in [9.17, 15) is 9.59 Å². The van der Waals surface area contributed by atoms with Crippen molar-refractivity contribution in [3.8, 4) is 11.5 Å². The van der Waals surface area contributed by atoms with Gasteiger partial charge in [-0.15, -0.1) is 0 Å². The molecule has 1 amide bonds. The number of hydrogen-bond acceptors (Lipinski definition) is 5. The lowest BCUT2D eigenvalue weighted by molar-refractivity contribution is -0.135. The highest BCUT2D eigenvalue weighted by Gasteiger charge is 2.30. The predicted octanol–water partition coefficient (Wildman–Crippen LogP) is 2.24. The van der Waals surface area contributed by atoms with Gasteiger partial charge in [-0.1, -0.05) is 6.07 Å². The van der Waals surface area contributed by atoms with E-state index in [1.165, 1.54) is 0 Å². The molecular formula is C14H17NO6. The number of anilines is 1. The van der Waals surface area contributed by atoms with Crippen LogP contribution < -0.4 is 14.4 Å². The quantitative estimate of drug-likeness (QED) is 0.920. The molecule has 0 aromatic heterocycles. The van der Waals surface area contributed by atoms with Crippen LogP contribution in [0.15, 0.2) is 18.2 Å². The molecular weight excluding hydrogens is 278 g/mol. The lowest BCUT2D eigenvalue weighted by atomic mass is 10.2. The van der Waals surface area contributed by atoms with Crippen molar-refractivity contribution in [2.24, 2.45) is 0 Å². The Balaban J connectivity index is 2.35. The van der Waals surface area contributed by atoms with E-state index >= 15 is 0 Å². The average Bonchev–Trinajstić information content (AvgIpc) is 2.81. The van der Waals surface area contributed by atoms with Crippen LogP contribution in [0.2, 0.25) is 0 Å². The summed E-state index contributed by atoms with van der Waals surface area (Å²) in [5, 5.41) is 9.02. The molecule has 2 rings (SSSR count). The summed E-state index contributed by atoms with van der Waals surface area (Å²) in [5.74, 6) is -0.353. The third-order valence-corrected chi connectivity index (χ3v) is 2.57. The van der Waals surface area contributed by atoms with Gasteiger partial charge in [0.05, 0.1) is 5.69 Å². The van der Waals surface area contributed by atoms with Gasteiger partial charge in [-0.25, -0.2) is 4.79 Å². The maximum atomic E-state index is 12.2. The smallest absolute Gasteiger partial charge is 0.415 e. The van der Waals surface area contributed by atoms with Gasteiger partial charge in [0, 0.05) is 0 Å². The van der Waals surface area contributed by atoms with Gasteiger partial charge in [-0.05, 0) is 32.9 Å². The topological polar surface area (TPSA) is 85.3 Å². The number of ether oxygens (including phenoxy) is 3. The van der Waals surface area contributed by atoms with Gasteiger partial charge in [0.1, 0.15) is 12.1 Å². The minimum Gasteiger partial charge on any atom is -0.480 e. The molecule has 21 heavy (non-hydrogen) atoms. The fraction of sp³-hybridized carbons (Fsp3) is 0.429. The van der Waals surface area contributed by atoms with Crippen LogP contribution in [0.5, 0.6) is 11.5 Å². The first-order chi connectivity index (χ1) is 9.78. The highest BCUT2D eigenvalue weighted by molar-refractivity contribution is 5.95. The Labute approximate surface area is 122 Å². The Morgan fingerprint density at radius 1 is 1.33 bits per heavy atom. The zero-order valence-electron chi connectivity index (χ0n) is 12.1. The number of carboxylic acids is 1. The number of para-hydroxylation sites is 1. The molecule has 1 aromatic rings. The maximum absolute atomic E-state index is 12.2. The Kier molecular flexibility index (Phi) is 3.93.